The average molecular weight is 421 g/mol. The van der Waals surface area contributed by atoms with Gasteiger partial charge in [-0.25, -0.2) is 4.79 Å². The van der Waals surface area contributed by atoms with Gasteiger partial charge >= 0.3 is 6.09 Å². The van der Waals surface area contributed by atoms with Gasteiger partial charge in [0.25, 0.3) is 11.8 Å². The van der Waals surface area contributed by atoms with Crippen molar-refractivity contribution >= 4 is 29.3 Å². The maximum Gasteiger partial charge on any atom is 0.411 e. The number of hydrogen-bond donors (Lipinski definition) is 4. The third-order valence-electron chi connectivity index (χ3n) is 4.52. The highest BCUT2D eigenvalue weighted by molar-refractivity contribution is 6.46. The topological polar surface area (TPSA) is 153 Å². The van der Waals surface area contributed by atoms with Crippen LogP contribution >= 0.6 is 0 Å². The number of imide groups is 1. The number of hydrazone groups is 1. The first kappa shape index (κ1) is 21.3. The molecule has 0 aliphatic carbocycles. The molecule has 0 fully saturated rings. The van der Waals surface area contributed by atoms with E-state index < -0.39 is 17.7 Å². The quantitative estimate of drug-likeness (QED) is 0.427. The molecule has 2 aromatic rings. The molecule has 1 aliphatic heterocycles. The number of aryl methyl sites for hydroxylation is 2. The van der Waals surface area contributed by atoms with Crippen LogP contribution in [0.2, 0.25) is 0 Å². The van der Waals surface area contributed by atoms with Crippen LogP contribution in [0.25, 0.3) is 0 Å². The number of carbonyl (C=O) groups excluding carboxylic acids is 2. The van der Waals surface area contributed by atoms with Crippen molar-refractivity contribution in [2.45, 2.75) is 20.3 Å². The van der Waals surface area contributed by atoms with Gasteiger partial charge in [0, 0.05) is 12.1 Å². The lowest BCUT2D eigenvalue weighted by molar-refractivity contribution is -0.114. The Balaban J connectivity index is 1.79. The van der Waals surface area contributed by atoms with E-state index in [1.807, 2.05) is 19.9 Å². The van der Waals surface area contributed by atoms with E-state index in [-0.39, 0.29) is 5.91 Å². The van der Waals surface area contributed by atoms with E-state index in [9.17, 15) is 14.4 Å². The SMILES string of the molecule is Cc1cc(NN=C(C#N)C(=O)NC(=O)O)cc(C)c1Oc1ccc2c(c1)CCNC2=O. The molecule has 0 bridgehead atoms. The summed E-state index contributed by atoms with van der Waals surface area (Å²) < 4.78 is 6.05. The van der Waals surface area contributed by atoms with Crippen LogP contribution in [0.5, 0.6) is 11.5 Å². The van der Waals surface area contributed by atoms with Crippen molar-refractivity contribution in [3.8, 4) is 17.6 Å². The number of ether oxygens (including phenoxy) is 1. The molecule has 0 radical (unpaired) electrons. The Kier molecular flexibility index (Phi) is 6.16. The second-order valence-corrected chi connectivity index (χ2v) is 6.81. The molecular weight excluding hydrogens is 402 g/mol. The van der Waals surface area contributed by atoms with E-state index in [2.05, 4.69) is 15.8 Å². The van der Waals surface area contributed by atoms with Crippen LogP contribution < -0.4 is 20.8 Å². The fraction of sp³-hybridized carbons (Fsp3) is 0.190. The zero-order chi connectivity index (χ0) is 22.5. The minimum absolute atomic E-state index is 0.0927. The lowest BCUT2D eigenvalue weighted by Gasteiger charge is -2.18. The maximum atomic E-state index is 11.9. The summed E-state index contributed by atoms with van der Waals surface area (Å²) in [7, 11) is 0. The molecule has 0 saturated heterocycles. The van der Waals surface area contributed by atoms with Crippen LogP contribution in [0.3, 0.4) is 0 Å². The zero-order valence-electron chi connectivity index (χ0n) is 16.8. The largest absolute Gasteiger partial charge is 0.465 e. The van der Waals surface area contributed by atoms with E-state index in [0.29, 0.717) is 29.3 Å². The summed E-state index contributed by atoms with van der Waals surface area (Å²) >= 11 is 0. The number of hydrogen-bond acceptors (Lipinski definition) is 7. The number of rotatable bonds is 5. The molecule has 1 heterocycles. The van der Waals surface area contributed by atoms with E-state index in [4.69, 9.17) is 15.1 Å². The van der Waals surface area contributed by atoms with Crippen molar-refractivity contribution in [2.24, 2.45) is 5.10 Å². The first-order chi connectivity index (χ1) is 14.8. The third-order valence-corrected chi connectivity index (χ3v) is 4.52. The summed E-state index contributed by atoms with van der Waals surface area (Å²) in [4.78, 5) is 34.0. The molecule has 158 valence electrons. The van der Waals surface area contributed by atoms with Gasteiger partial charge in [0.05, 0.1) is 5.69 Å². The fourth-order valence-corrected chi connectivity index (χ4v) is 3.16. The molecule has 3 amide bonds. The van der Waals surface area contributed by atoms with E-state index in [0.717, 1.165) is 23.1 Å². The van der Waals surface area contributed by atoms with Crippen LogP contribution in [0, 0.1) is 25.2 Å². The van der Waals surface area contributed by atoms with Crippen molar-refractivity contribution in [3.05, 3.63) is 52.6 Å². The van der Waals surface area contributed by atoms with Crippen molar-refractivity contribution < 1.29 is 24.2 Å². The van der Waals surface area contributed by atoms with Gasteiger partial charge in [-0.15, -0.1) is 0 Å². The van der Waals surface area contributed by atoms with Crippen molar-refractivity contribution in [3.63, 3.8) is 0 Å². The summed E-state index contributed by atoms with van der Waals surface area (Å²) in [6.45, 7) is 4.24. The van der Waals surface area contributed by atoms with Gasteiger partial charge in [-0.05, 0) is 67.3 Å². The molecule has 1 aliphatic rings. The normalized spacial score (nSPS) is 12.8. The smallest absolute Gasteiger partial charge is 0.411 e. The Hall–Kier alpha value is -4.39. The number of benzene rings is 2. The molecule has 0 unspecified atom stereocenters. The van der Waals surface area contributed by atoms with Crippen LogP contribution in [-0.4, -0.2) is 35.3 Å². The fourth-order valence-electron chi connectivity index (χ4n) is 3.16. The number of nitriles is 1. The molecule has 4 N–H and O–H groups in total. The average Bonchev–Trinajstić information content (AvgIpc) is 2.71. The number of nitrogens with one attached hydrogen (secondary N) is 3. The van der Waals surface area contributed by atoms with E-state index in [1.54, 1.807) is 29.6 Å². The van der Waals surface area contributed by atoms with Gasteiger partial charge in [-0.1, -0.05) is 0 Å². The number of anilines is 1. The van der Waals surface area contributed by atoms with Crippen molar-refractivity contribution in [1.29, 1.82) is 5.26 Å². The van der Waals surface area contributed by atoms with Crippen molar-refractivity contribution in [2.75, 3.05) is 12.0 Å². The summed E-state index contributed by atoms with van der Waals surface area (Å²) in [5, 5.41) is 25.6. The number of amides is 3. The van der Waals surface area contributed by atoms with Crippen LogP contribution in [0.15, 0.2) is 35.4 Å². The lowest BCUT2D eigenvalue weighted by Crippen LogP contribution is -2.34. The summed E-state index contributed by atoms with van der Waals surface area (Å²) in [5.74, 6) is 0.0104. The molecule has 2 aromatic carbocycles. The molecule has 3 rings (SSSR count). The number of nitrogens with zero attached hydrogens (tertiary/aromatic N) is 2. The van der Waals surface area contributed by atoms with Gasteiger partial charge in [0.1, 0.15) is 17.6 Å². The molecular formula is C21H19N5O5. The van der Waals surface area contributed by atoms with E-state index >= 15 is 0 Å². The first-order valence-electron chi connectivity index (χ1n) is 9.26. The highest BCUT2D eigenvalue weighted by atomic mass is 16.5. The van der Waals surface area contributed by atoms with Gasteiger partial charge < -0.3 is 15.2 Å². The Bertz CT molecular complexity index is 1130. The predicted molar refractivity (Wildman–Crippen MR) is 111 cm³/mol. The Labute approximate surface area is 177 Å². The summed E-state index contributed by atoms with van der Waals surface area (Å²) in [6.07, 6.45) is -0.850. The molecule has 0 saturated carbocycles. The lowest BCUT2D eigenvalue weighted by atomic mass is 10.0. The Morgan fingerprint density at radius 3 is 2.58 bits per heavy atom. The van der Waals surface area contributed by atoms with Crippen LogP contribution in [0.1, 0.15) is 27.0 Å². The predicted octanol–water partition coefficient (Wildman–Crippen LogP) is 2.47. The maximum absolute atomic E-state index is 11.9. The summed E-state index contributed by atoms with van der Waals surface area (Å²) in [6, 6.07) is 10.3. The van der Waals surface area contributed by atoms with Crippen molar-refractivity contribution in [1.82, 2.24) is 10.6 Å². The molecule has 31 heavy (non-hydrogen) atoms. The molecule has 10 nitrogen and oxygen atoms in total. The second-order valence-electron chi connectivity index (χ2n) is 6.81. The minimum Gasteiger partial charge on any atom is -0.465 e. The Morgan fingerprint density at radius 1 is 1.23 bits per heavy atom. The van der Waals surface area contributed by atoms with Gasteiger partial charge in [-0.2, -0.15) is 10.4 Å². The molecule has 0 atom stereocenters. The number of fused-ring (bicyclic) bond motifs is 1. The first-order valence-corrected chi connectivity index (χ1v) is 9.26. The molecule has 0 spiro atoms. The van der Waals surface area contributed by atoms with Crippen LogP contribution in [-0.2, 0) is 11.2 Å². The number of carbonyl (C=O) groups is 3. The highest BCUT2D eigenvalue weighted by Gasteiger charge is 2.18. The molecule has 10 heteroatoms. The van der Waals surface area contributed by atoms with Gasteiger partial charge in [-0.3, -0.25) is 20.3 Å². The van der Waals surface area contributed by atoms with Crippen LogP contribution in [0.4, 0.5) is 10.5 Å². The zero-order valence-corrected chi connectivity index (χ0v) is 16.8. The standard InChI is InChI=1S/C21H19N5O5/c1-11-7-14(25-26-17(10-22)20(28)24-21(29)30)8-12(2)18(11)31-15-3-4-16-13(9-15)5-6-23-19(16)27/h3-4,7-9,25H,5-6H2,1-2H3,(H,23,27)(H,24,28)(H,29,30). The van der Waals surface area contributed by atoms with E-state index in [1.165, 1.54) is 6.07 Å². The number of carboxylic acid groups (broad SMARTS) is 1. The van der Waals surface area contributed by atoms with Gasteiger partial charge in [0.2, 0.25) is 5.71 Å². The second kappa shape index (κ2) is 8.96. The highest BCUT2D eigenvalue weighted by Crippen LogP contribution is 2.32. The monoisotopic (exact) mass is 421 g/mol. The summed E-state index contributed by atoms with van der Waals surface area (Å²) in [5.41, 5.74) is 5.54. The molecule has 0 aromatic heterocycles. The third kappa shape index (κ3) is 4.97. The Morgan fingerprint density at radius 2 is 1.94 bits per heavy atom. The van der Waals surface area contributed by atoms with Gasteiger partial charge in [0.15, 0.2) is 0 Å². The minimum atomic E-state index is -1.58.